The maximum Gasteiger partial charge on any atom is 0.400 e. The van der Waals surface area contributed by atoms with Crippen LogP contribution >= 0.6 is 11.6 Å². The second-order valence-electron chi connectivity index (χ2n) is 5.11. The van der Waals surface area contributed by atoms with Crippen LogP contribution < -0.4 is 0 Å². The molecular formula is C13H12ClN5O6. The number of halogens is 1. The van der Waals surface area contributed by atoms with E-state index < -0.39 is 34.2 Å². The molecule has 1 aromatic carbocycles. The van der Waals surface area contributed by atoms with Crippen LogP contribution in [0.25, 0.3) is 0 Å². The summed E-state index contributed by atoms with van der Waals surface area (Å²) in [5.41, 5.74) is -2.09. The zero-order valence-corrected chi connectivity index (χ0v) is 13.3. The van der Waals surface area contributed by atoms with Gasteiger partial charge < -0.3 is 5.11 Å². The molecular weight excluding hydrogens is 358 g/mol. The highest BCUT2D eigenvalue weighted by molar-refractivity contribution is 6.65. The largest absolute Gasteiger partial charge is 0.480 e. The summed E-state index contributed by atoms with van der Waals surface area (Å²) in [6.45, 7) is -0.734. The molecule has 0 bridgehead atoms. The third-order valence-electron chi connectivity index (χ3n) is 3.56. The van der Waals surface area contributed by atoms with Gasteiger partial charge in [0.25, 0.3) is 0 Å². The van der Waals surface area contributed by atoms with Crippen molar-refractivity contribution in [3.63, 3.8) is 0 Å². The molecule has 1 aromatic rings. The summed E-state index contributed by atoms with van der Waals surface area (Å²) in [5.74, 6) is -1.59. The normalized spacial score (nSPS) is 20.4. The highest BCUT2D eigenvalue weighted by Gasteiger charge is 2.60. The molecule has 25 heavy (non-hydrogen) atoms. The van der Waals surface area contributed by atoms with Crippen LogP contribution in [0.1, 0.15) is 5.56 Å². The number of nitrogens with zero attached hydrogens (tertiary/aromatic N) is 5. The van der Waals surface area contributed by atoms with Crippen molar-refractivity contribution in [3.8, 4) is 0 Å². The van der Waals surface area contributed by atoms with E-state index in [1.165, 1.54) is 0 Å². The quantitative estimate of drug-likeness (QED) is 0.323. The Labute approximate surface area is 145 Å². The molecule has 1 aliphatic rings. The zero-order valence-electron chi connectivity index (χ0n) is 12.6. The number of aliphatic imine (C=N–C) groups is 2. The monoisotopic (exact) mass is 369 g/mol. The topological polar surface area (TPSA) is 152 Å². The Hall–Kier alpha value is -3.08. The molecule has 132 valence electrons. The highest BCUT2D eigenvalue weighted by Crippen LogP contribution is 2.24. The van der Waals surface area contributed by atoms with Gasteiger partial charge in [-0.25, -0.2) is 24.9 Å². The van der Waals surface area contributed by atoms with Gasteiger partial charge in [-0.15, -0.1) is 0 Å². The smallest absolute Gasteiger partial charge is 0.400 e. The maximum atomic E-state index is 11.6. The van der Waals surface area contributed by atoms with Gasteiger partial charge in [0.05, 0.1) is 4.92 Å². The highest BCUT2D eigenvalue weighted by atomic mass is 35.5. The fourth-order valence-corrected chi connectivity index (χ4v) is 2.49. The molecule has 1 N–H and O–H groups in total. The van der Waals surface area contributed by atoms with E-state index in [4.69, 9.17) is 11.6 Å². The molecule has 12 heteroatoms. The van der Waals surface area contributed by atoms with Crippen molar-refractivity contribution >= 4 is 29.1 Å². The van der Waals surface area contributed by atoms with E-state index >= 15 is 0 Å². The molecule has 2 rings (SSSR count). The van der Waals surface area contributed by atoms with Crippen LogP contribution in [0.15, 0.2) is 40.3 Å². The van der Waals surface area contributed by atoms with Crippen LogP contribution in [-0.4, -0.2) is 55.8 Å². The number of rotatable bonds is 7. The Morgan fingerprint density at radius 1 is 1.36 bits per heavy atom. The van der Waals surface area contributed by atoms with Crippen molar-refractivity contribution in [3.05, 3.63) is 56.1 Å². The molecule has 0 aromatic heterocycles. The summed E-state index contributed by atoms with van der Waals surface area (Å²) in [6.07, 6.45) is 0.324. The summed E-state index contributed by atoms with van der Waals surface area (Å²) < 4.78 is 0. The molecule has 0 amide bonds. The van der Waals surface area contributed by atoms with Gasteiger partial charge in [0.2, 0.25) is 5.29 Å². The standard InChI is InChI=1S/C13H12ClN5O6/c14-12-15-7-13(8-16-12,18(22)23)17(19(24)25)10(11(20)21)6-9-4-2-1-3-5-9/h1-5,7,10H,6,8H2,(H,20,21)/t10-,13?/m0/s1. The first kappa shape index (κ1) is 18.3. The number of carboxylic acid groups (broad SMARTS) is 1. The predicted molar refractivity (Wildman–Crippen MR) is 86.8 cm³/mol. The number of aliphatic carboxylic acids is 1. The number of carbonyl (C=O) groups is 1. The predicted octanol–water partition coefficient (Wildman–Crippen LogP) is 0.828. The lowest BCUT2D eigenvalue weighted by molar-refractivity contribution is -0.748. The minimum atomic E-state index is -2.56. The van der Waals surface area contributed by atoms with E-state index in [0.717, 1.165) is 0 Å². The third-order valence-corrected chi connectivity index (χ3v) is 3.78. The summed E-state index contributed by atoms with van der Waals surface area (Å²) in [7, 11) is 0. The van der Waals surface area contributed by atoms with Crippen LogP contribution in [0.2, 0.25) is 0 Å². The summed E-state index contributed by atoms with van der Waals surface area (Å²) in [4.78, 5) is 40.8. The molecule has 1 heterocycles. The van der Waals surface area contributed by atoms with Crippen LogP contribution in [0.4, 0.5) is 0 Å². The van der Waals surface area contributed by atoms with E-state index in [1.807, 2.05) is 0 Å². The first-order valence-electron chi connectivity index (χ1n) is 6.88. The second-order valence-corrected chi connectivity index (χ2v) is 5.44. The number of amidine groups is 1. The van der Waals surface area contributed by atoms with Crippen LogP contribution in [-0.2, 0) is 11.2 Å². The minimum Gasteiger partial charge on any atom is -0.480 e. The van der Waals surface area contributed by atoms with Gasteiger partial charge in [-0.05, 0) is 22.2 Å². The van der Waals surface area contributed by atoms with Gasteiger partial charge in [0.15, 0.2) is 11.1 Å². The molecule has 0 fully saturated rings. The van der Waals surface area contributed by atoms with Crippen molar-refractivity contribution in [2.75, 3.05) is 6.54 Å². The Morgan fingerprint density at radius 2 is 2.00 bits per heavy atom. The maximum absolute atomic E-state index is 11.6. The number of hydrogen-bond donors (Lipinski definition) is 1. The lowest BCUT2D eigenvalue weighted by Crippen LogP contribution is -2.66. The van der Waals surface area contributed by atoms with Crippen molar-refractivity contribution in [1.82, 2.24) is 5.01 Å². The first-order chi connectivity index (χ1) is 11.8. The van der Waals surface area contributed by atoms with Crippen molar-refractivity contribution in [1.29, 1.82) is 0 Å². The van der Waals surface area contributed by atoms with Gasteiger partial charge in [-0.1, -0.05) is 30.3 Å². The van der Waals surface area contributed by atoms with Gasteiger partial charge in [0, 0.05) is 6.42 Å². The zero-order chi connectivity index (χ0) is 18.6. The summed E-state index contributed by atoms with van der Waals surface area (Å²) >= 11 is 5.53. The van der Waals surface area contributed by atoms with Crippen molar-refractivity contribution < 1.29 is 19.9 Å². The average molecular weight is 370 g/mol. The van der Waals surface area contributed by atoms with Crippen LogP contribution in [0, 0.1) is 20.2 Å². The molecule has 0 saturated heterocycles. The molecule has 1 unspecified atom stereocenters. The van der Waals surface area contributed by atoms with E-state index in [-0.39, 0.29) is 16.7 Å². The van der Waals surface area contributed by atoms with Gasteiger partial charge in [0.1, 0.15) is 12.8 Å². The Morgan fingerprint density at radius 3 is 2.44 bits per heavy atom. The third kappa shape index (κ3) is 3.71. The average Bonchev–Trinajstić information content (AvgIpc) is 2.56. The number of carboxylic acids is 1. The molecule has 0 saturated carbocycles. The van der Waals surface area contributed by atoms with Crippen LogP contribution in [0.5, 0.6) is 0 Å². The molecule has 2 atom stereocenters. The first-order valence-corrected chi connectivity index (χ1v) is 7.26. The van der Waals surface area contributed by atoms with E-state index in [0.29, 0.717) is 11.8 Å². The number of hydrazine groups is 1. The second kappa shape index (κ2) is 7.21. The van der Waals surface area contributed by atoms with E-state index in [9.17, 15) is 30.1 Å². The van der Waals surface area contributed by atoms with E-state index in [2.05, 4.69) is 9.98 Å². The Bertz CT molecular complexity index is 755. The molecule has 1 aliphatic heterocycles. The summed E-state index contributed by atoms with van der Waals surface area (Å²) in [6, 6.07) is 6.25. The lowest BCUT2D eigenvalue weighted by atomic mass is 10.0. The Kier molecular flexibility index (Phi) is 5.27. The minimum absolute atomic E-state index is 0.0542. The van der Waals surface area contributed by atoms with Crippen LogP contribution in [0.3, 0.4) is 0 Å². The SMILES string of the molecule is O=C(O)[C@H](Cc1ccccc1)N([N+](=O)[O-])C1([N+](=O)[O-])C=NC(Cl)=NC1. The lowest BCUT2D eigenvalue weighted by Gasteiger charge is -2.30. The van der Waals surface area contributed by atoms with Gasteiger partial charge in [-0.2, -0.15) is 0 Å². The Balaban J connectivity index is 2.49. The fourth-order valence-electron chi connectivity index (χ4n) is 2.38. The number of nitro groups is 2. The molecule has 11 nitrogen and oxygen atoms in total. The molecule has 0 radical (unpaired) electrons. The van der Waals surface area contributed by atoms with Crippen molar-refractivity contribution in [2.45, 2.75) is 18.1 Å². The molecule has 0 spiro atoms. The van der Waals surface area contributed by atoms with E-state index in [1.54, 1.807) is 30.3 Å². The molecule has 0 aliphatic carbocycles. The van der Waals surface area contributed by atoms with Gasteiger partial charge in [-0.3, -0.25) is 10.1 Å². The van der Waals surface area contributed by atoms with Crippen molar-refractivity contribution in [2.24, 2.45) is 9.98 Å². The summed E-state index contributed by atoms with van der Waals surface area (Å²) in [5, 5.41) is 31.2. The number of hydrogen-bond acceptors (Lipinski definition) is 7. The fraction of sp³-hybridized carbons (Fsp3) is 0.308. The number of benzene rings is 1. The van der Waals surface area contributed by atoms with Gasteiger partial charge >= 0.3 is 11.6 Å².